The first kappa shape index (κ1) is 13.2. The number of carbonyl (C=O) groups excluding carboxylic acids is 1. The number of fused-ring (bicyclic) bond motifs is 2. The number of para-hydroxylation sites is 1. The molecular weight excluding hydrogens is 294 g/mol. The number of benzene rings is 2. The SMILES string of the molecule is C=S1(=O)c2cc(Cl)ccc2C(=O)c2ccccc2N1C. The summed E-state index contributed by atoms with van der Waals surface area (Å²) < 4.78 is 14.6. The average molecular weight is 306 g/mol. The molecule has 0 N–H and O–H groups in total. The largest absolute Gasteiger partial charge is 0.298 e. The Kier molecular flexibility index (Phi) is 2.88. The van der Waals surface area contributed by atoms with Crippen molar-refractivity contribution in [3.05, 3.63) is 58.6 Å². The van der Waals surface area contributed by atoms with Crippen molar-refractivity contribution in [2.75, 3.05) is 11.4 Å². The molecule has 0 saturated heterocycles. The van der Waals surface area contributed by atoms with Gasteiger partial charge >= 0.3 is 0 Å². The van der Waals surface area contributed by atoms with Crippen LogP contribution in [0.2, 0.25) is 5.02 Å². The van der Waals surface area contributed by atoms with E-state index in [1.54, 1.807) is 53.8 Å². The lowest BCUT2D eigenvalue weighted by molar-refractivity contribution is 0.103. The van der Waals surface area contributed by atoms with Gasteiger partial charge in [-0.1, -0.05) is 23.7 Å². The highest BCUT2D eigenvalue weighted by molar-refractivity contribution is 8.01. The third-order valence-corrected chi connectivity index (χ3v) is 5.80. The van der Waals surface area contributed by atoms with E-state index in [1.807, 2.05) is 0 Å². The fraction of sp³-hybridized carbons (Fsp3) is 0.0667. The molecule has 20 heavy (non-hydrogen) atoms. The zero-order valence-corrected chi connectivity index (χ0v) is 12.4. The molecule has 2 aromatic carbocycles. The second-order valence-corrected chi connectivity index (χ2v) is 7.33. The van der Waals surface area contributed by atoms with E-state index >= 15 is 0 Å². The minimum absolute atomic E-state index is 0.159. The number of ketones is 1. The molecule has 2 aromatic rings. The highest BCUT2D eigenvalue weighted by Crippen LogP contribution is 2.34. The molecular formula is C15H12ClNO2S. The maximum atomic E-state index is 13.0. The number of hydrogen-bond acceptors (Lipinski definition) is 2. The van der Waals surface area contributed by atoms with Crippen LogP contribution < -0.4 is 4.31 Å². The lowest BCUT2D eigenvalue weighted by atomic mass is 10.0. The molecule has 3 rings (SSSR count). The Morgan fingerprint density at radius 2 is 1.85 bits per heavy atom. The van der Waals surface area contributed by atoms with E-state index in [-0.39, 0.29) is 5.78 Å². The van der Waals surface area contributed by atoms with Gasteiger partial charge in [0.1, 0.15) is 0 Å². The van der Waals surface area contributed by atoms with Gasteiger partial charge in [-0.05, 0) is 36.2 Å². The van der Waals surface area contributed by atoms with Crippen molar-refractivity contribution in [1.29, 1.82) is 0 Å². The molecule has 0 fully saturated rings. The van der Waals surface area contributed by atoms with E-state index < -0.39 is 9.71 Å². The summed E-state index contributed by atoms with van der Waals surface area (Å²) in [6.07, 6.45) is 0. The number of nitrogens with zero attached hydrogens (tertiary/aromatic N) is 1. The molecule has 0 amide bonds. The second-order valence-electron chi connectivity index (χ2n) is 4.62. The van der Waals surface area contributed by atoms with Crippen molar-refractivity contribution < 1.29 is 9.00 Å². The van der Waals surface area contributed by atoms with E-state index in [9.17, 15) is 9.00 Å². The minimum atomic E-state index is -2.80. The average Bonchev–Trinajstić information content (AvgIpc) is 2.50. The molecule has 1 unspecified atom stereocenters. The zero-order chi connectivity index (χ0) is 14.5. The van der Waals surface area contributed by atoms with Crippen molar-refractivity contribution in [2.45, 2.75) is 4.90 Å². The van der Waals surface area contributed by atoms with Gasteiger partial charge in [0.2, 0.25) is 0 Å². The number of hydrogen-bond donors (Lipinski definition) is 0. The normalized spacial score (nSPS) is 21.1. The Morgan fingerprint density at radius 1 is 1.15 bits per heavy atom. The summed E-state index contributed by atoms with van der Waals surface area (Å²) in [6, 6.07) is 11.9. The molecule has 0 bridgehead atoms. The molecule has 5 heteroatoms. The Morgan fingerprint density at radius 3 is 2.60 bits per heavy atom. The quantitative estimate of drug-likeness (QED) is 0.702. The summed E-state index contributed by atoms with van der Waals surface area (Å²) in [5.74, 6) is 3.67. The van der Waals surface area contributed by atoms with Crippen molar-refractivity contribution in [1.82, 2.24) is 0 Å². The molecule has 1 aliphatic heterocycles. The van der Waals surface area contributed by atoms with Crippen LogP contribution in [0.3, 0.4) is 0 Å². The first-order valence-corrected chi connectivity index (χ1v) is 8.03. The highest BCUT2D eigenvalue weighted by Gasteiger charge is 2.30. The lowest BCUT2D eigenvalue weighted by Gasteiger charge is -2.23. The van der Waals surface area contributed by atoms with Crippen LogP contribution in [0.15, 0.2) is 47.4 Å². The van der Waals surface area contributed by atoms with E-state index in [2.05, 4.69) is 5.87 Å². The van der Waals surface area contributed by atoms with E-state index in [4.69, 9.17) is 11.6 Å². The van der Waals surface area contributed by atoms with Crippen molar-refractivity contribution in [3.8, 4) is 0 Å². The molecule has 0 aliphatic carbocycles. The molecule has 0 saturated carbocycles. The third kappa shape index (κ3) is 1.76. The molecule has 0 radical (unpaired) electrons. The summed E-state index contributed by atoms with van der Waals surface area (Å²) in [5, 5.41) is 0.437. The topological polar surface area (TPSA) is 37.4 Å². The fourth-order valence-electron chi connectivity index (χ4n) is 2.34. The van der Waals surface area contributed by atoms with Gasteiger partial charge in [-0.3, -0.25) is 9.10 Å². The van der Waals surface area contributed by atoms with E-state index in [0.717, 1.165) is 0 Å². The van der Waals surface area contributed by atoms with Crippen molar-refractivity contribution >= 4 is 38.6 Å². The lowest BCUT2D eigenvalue weighted by Crippen LogP contribution is -2.26. The van der Waals surface area contributed by atoms with E-state index in [0.29, 0.717) is 26.7 Å². The van der Waals surface area contributed by atoms with Crippen molar-refractivity contribution in [3.63, 3.8) is 0 Å². The third-order valence-electron chi connectivity index (χ3n) is 3.46. The van der Waals surface area contributed by atoms with Gasteiger partial charge in [0.15, 0.2) is 5.78 Å². The summed E-state index contributed by atoms with van der Waals surface area (Å²) in [7, 11) is -1.12. The van der Waals surface area contributed by atoms with Gasteiger partial charge in [-0.2, -0.15) is 0 Å². The predicted molar refractivity (Wildman–Crippen MR) is 83.3 cm³/mol. The first-order chi connectivity index (χ1) is 9.43. The molecule has 102 valence electrons. The van der Waals surface area contributed by atoms with Crippen LogP contribution in [-0.2, 0) is 9.71 Å². The molecule has 3 nitrogen and oxygen atoms in total. The molecule has 1 heterocycles. The number of anilines is 1. The van der Waals surface area contributed by atoms with Crippen LogP contribution in [0.5, 0.6) is 0 Å². The van der Waals surface area contributed by atoms with Gasteiger partial charge in [0.05, 0.1) is 20.3 Å². The van der Waals surface area contributed by atoms with Crippen LogP contribution in [0, 0.1) is 0 Å². The molecule has 0 spiro atoms. The fourth-order valence-corrected chi connectivity index (χ4v) is 4.16. The Hall–Kier alpha value is -1.78. The Bertz CT molecular complexity index is 828. The van der Waals surface area contributed by atoms with Gasteiger partial charge in [-0.25, -0.2) is 4.21 Å². The highest BCUT2D eigenvalue weighted by atomic mass is 35.5. The van der Waals surface area contributed by atoms with Crippen LogP contribution in [-0.4, -0.2) is 22.9 Å². The number of halogens is 1. The van der Waals surface area contributed by atoms with Gasteiger partial charge < -0.3 is 0 Å². The Balaban J connectivity index is 2.44. The molecule has 1 aliphatic rings. The molecule has 1 atom stereocenters. The van der Waals surface area contributed by atoms with Gasteiger partial charge in [0, 0.05) is 23.2 Å². The second kappa shape index (κ2) is 4.36. The standard InChI is InChI=1S/C15H12ClNO2S/c1-17-13-6-4-3-5-11(13)15(18)12-8-7-10(16)9-14(12)20(17,2)19/h3-9H,2H2,1H3. The van der Waals surface area contributed by atoms with Crippen LogP contribution >= 0.6 is 11.6 Å². The summed E-state index contributed by atoms with van der Waals surface area (Å²) in [6.45, 7) is 0. The maximum absolute atomic E-state index is 13.0. The Labute approximate surface area is 122 Å². The van der Waals surface area contributed by atoms with Crippen LogP contribution in [0.25, 0.3) is 0 Å². The summed E-state index contributed by atoms with van der Waals surface area (Å²) in [5.41, 5.74) is 1.53. The van der Waals surface area contributed by atoms with Gasteiger partial charge in [-0.15, -0.1) is 0 Å². The summed E-state index contributed by atoms with van der Waals surface area (Å²) >= 11 is 5.98. The molecule has 0 aromatic heterocycles. The number of carbonyl (C=O) groups is 1. The first-order valence-electron chi connectivity index (χ1n) is 5.97. The van der Waals surface area contributed by atoms with Crippen molar-refractivity contribution in [2.24, 2.45) is 0 Å². The maximum Gasteiger partial charge on any atom is 0.196 e. The monoisotopic (exact) mass is 305 g/mol. The minimum Gasteiger partial charge on any atom is -0.298 e. The van der Waals surface area contributed by atoms with E-state index in [1.165, 1.54) is 0 Å². The van der Waals surface area contributed by atoms with Gasteiger partial charge in [0.25, 0.3) is 0 Å². The van der Waals surface area contributed by atoms with Crippen LogP contribution in [0.4, 0.5) is 5.69 Å². The summed E-state index contributed by atoms with van der Waals surface area (Å²) in [4.78, 5) is 13.0. The number of rotatable bonds is 0. The smallest absolute Gasteiger partial charge is 0.196 e. The zero-order valence-electron chi connectivity index (χ0n) is 10.8. The van der Waals surface area contributed by atoms with Crippen LogP contribution in [0.1, 0.15) is 15.9 Å². The predicted octanol–water partition coefficient (Wildman–Crippen LogP) is 3.01.